The van der Waals surface area contributed by atoms with E-state index in [1.807, 2.05) is 55.5 Å². The van der Waals surface area contributed by atoms with Gasteiger partial charge in [0.05, 0.1) is 23.6 Å². The number of hydrogen-bond donors (Lipinski definition) is 0. The van der Waals surface area contributed by atoms with E-state index >= 15 is 0 Å². The summed E-state index contributed by atoms with van der Waals surface area (Å²) in [6.07, 6.45) is 0. The molecule has 2 aliphatic rings. The predicted molar refractivity (Wildman–Crippen MR) is 110 cm³/mol. The van der Waals surface area contributed by atoms with E-state index in [2.05, 4.69) is 4.90 Å². The average Bonchev–Trinajstić information content (AvgIpc) is 3.06. The zero-order chi connectivity index (χ0) is 18.3. The van der Waals surface area contributed by atoms with Gasteiger partial charge >= 0.3 is 0 Å². The van der Waals surface area contributed by atoms with Gasteiger partial charge in [-0.1, -0.05) is 53.2 Å². The molecule has 1 fully saturated rings. The van der Waals surface area contributed by atoms with Crippen molar-refractivity contribution in [1.82, 2.24) is 0 Å². The second-order valence-electron chi connectivity index (χ2n) is 6.74. The van der Waals surface area contributed by atoms with E-state index < -0.39 is 9.84 Å². The van der Waals surface area contributed by atoms with Crippen molar-refractivity contribution in [3.8, 4) is 0 Å². The Hall–Kier alpha value is -1.50. The van der Waals surface area contributed by atoms with Crippen LogP contribution in [-0.4, -0.2) is 37.2 Å². The molecule has 2 atom stereocenters. The number of anilines is 1. The van der Waals surface area contributed by atoms with Gasteiger partial charge in [0, 0.05) is 16.5 Å². The Labute approximate surface area is 163 Å². The maximum absolute atomic E-state index is 12.1. The standard InChI is InChI=1S/C19H19ClN2O2S2/c1-13-2-8-16(9-3-13)22-18-12-26(23,24)11-17(18)21-19(22)25-10-14-4-6-15(20)7-5-14/h2-9,17-18H,10-12H2,1H3/t17-,18+/m0/s1. The first-order chi connectivity index (χ1) is 12.4. The smallest absolute Gasteiger partial charge is 0.164 e. The van der Waals surface area contributed by atoms with Crippen molar-refractivity contribution in [2.75, 3.05) is 16.4 Å². The van der Waals surface area contributed by atoms with Crippen molar-refractivity contribution in [2.24, 2.45) is 4.99 Å². The molecule has 0 spiro atoms. The SMILES string of the molecule is Cc1ccc(N2C(SCc3ccc(Cl)cc3)=N[C@H]3CS(=O)(=O)C[C@H]32)cc1. The van der Waals surface area contributed by atoms with E-state index in [1.54, 1.807) is 11.8 Å². The van der Waals surface area contributed by atoms with Crippen LogP contribution in [0.5, 0.6) is 0 Å². The van der Waals surface area contributed by atoms with E-state index in [9.17, 15) is 8.42 Å². The van der Waals surface area contributed by atoms with Crippen LogP contribution < -0.4 is 4.90 Å². The molecule has 26 heavy (non-hydrogen) atoms. The Bertz CT molecular complexity index is 941. The largest absolute Gasteiger partial charge is 0.315 e. The van der Waals surface area contributed by atoms with Crippen molar-refractivity contribution < 1.29 is 8.42 Å². The number of amidine groups is 1. The van der Waals surface area contributed by atoms with E-state index in [1.165, 1.54) is 5.56 Å². The molecule has 0 aliphatic carbocycles. The fourth-order valence-corrected chi connectivity index (χ4v) is 6.42. The maximum Gasteiger partial charge on any atom is 0.164 e. The van der Waals surface area contributed by atoms with Gasteiger partial charge in [-0.2, -0.15) is 0 Å². The van der Waals surface area contributed by atoms with Crippen molar-refractivity contribution in [3.05, 3.63) is 64.7 Å². The van der Waals surface area contributed by atoms with E-state index in [4.69, 9.17) is 16.6 Å². The first-order valence-electron chi connectivity index (χ1n) is 8.43. The molecular formula is C19H19ClN2O2S2. The zero-order valence-electron chi connectivity index (χ0n) is 14.3. The number of nitrogens with zero attached hydrogens (tertiary/aromatic N) is 2. The molecule has 0 saturated carbocycles. The molecule has 2 aromatic rings. The molecule has 2 aromatic carbocycles. The summed E-state index contributed by atoms with van der Waals surface area (Å²) in [5.74, 6) is 1.08. The van der Waals surface area contributed by atoms with Gasteiger partial charge in [-0.3, -0.25) is 4.99 Å². The lowest BCUT2D eigenvalue weighted by Gasteiger charge is -2.26. The molecular weight excluding hydrogens is 388 g/mol. The third-order valence-electron chi connectivity index (χ3n) is 4.70. The Kier molecular flexibility index (Phi) is 4.75. The molecule has 2 heterocycles. The van der Waals surface area contributed by atoms with Gasteiger partial charge in [-0.15, -0.1) is 0 Å². The monoisotopic (exact) mass is 406 g/mol. The van der Waals surface area contributed by atoms with E-state index in [0.717, 1.165) is 27.2 Å². The zero-order valence-corrected chi connectivity index (χ0v) is 16.7. The number of sulfone groups is 1. The van der Waals surface area contributed by atoms with E-state index in [0.29, 0.717) is 0 Å². The van der Waals surface area contributed by atoms with Crippen LogP contribution in [0.25, 0.3) is 0 Å². The van der Waals surface area contributed by atoms with Crippen LogP contribution in [0.3, 0.4) is 0 Å². The van der Waals surface area contributed by atoms with Crippen LogP contribution in [0.4, 0.5) is 5.69 Å². The molecule has 136 valence electrons. The Balaban J connectivity index is 1.60. The highest BCUT2D eigenvalue weighted by atomic mass is 35.5. The molecule has 7 heteroatoms. The molecule has 0 unspecified atom stereocenters. The van der Waals surface area contributed by atoms with Crippen LogP contribution in [-0.2, 0) is 15.6 Å². The second-order valence-corrected chi connectivity index (χ2v) is 10.3. The van der Waals surface area contributed by atoms with Crippen LogP contribution >= 0.6 is 23.4 Å². The average molecular weight is 407 g/mol. The second kappa shape index (κ2) is 6.91. The molecule has 1 saturated heterocycles. The minimum atomic E-state index is -3.02. The van der Waals surface area contributed by atoms with Gasteiger partial charge in [-0.25, -0.2) is 8.42 Å². The van der Waals surface area contributed by atoms with Gasteiger partial charge in [0.25, 0.3) is 0 Å². The quantitative estimate of drug-likeness (QED) is 0.775. The third-order valence-corrected chi connectivity index (χ3v) is 7.69. The van der Waals surface area contributed by atoms with Crippen molar-refractivity contribution in [3.63, 3.8) is 0 Å². The van der Waals surface area contributed by atoms with Crippen LogP contribution in [0.15, 0.2) is 53.5 Å². The summed E-state index contributed by atoms with van der Waals surface area (Å²) in [5.41, 5.74) is 3.34. The van der Waals surface area contributed by atoms with Crippen molar-refractivity contribution >= 4 is 44.1 Å². The number of benzene rings is 2. The molecule has 4 rings (SSSR count). The molecule has 4 nitrogen and oxygen atoms in total. The highest BCUT2D eigenvalue weighted by molar-refractivity contribution is 8.13. The molecule has 0 radical (unpaired) electrons. The highest BCUT2D eigenvalue weighted by Gasteiger charge is 2.47. The minimum Gasteiger partial charge on any atom is -0.315 e. The van der Waals surface area contributed by atoms with Gasteiger partial charge in [0.15, 0.2) is 15.0 Å². The first kappa shape index (κ1) is 17.9. The fourth-order valence-electron chi connectivity index (χ4n) is 3.37. The predicted octanol–water partition coefficient (Wildman–Crippen LogP) is 3.92. The molecule has 2 aliphatic heterocycles. The van der Waals surface area contributed by atoms with Crippen molar-refractivity contribution in [2.45, 2.75) is 24.8 Å². The summed E-state index contributed by atoms with van der Waals surface area (Å²) in [7, 11) is -3.02. The van der Waals surface area contributed by atoms with E-state index in [-0.39, 0.29) is 23.6 Å². The normalized spacial score (nSPS) is 23.8. The number of fused-ring (bicyclic) bond motifs is 1. The summed E-state index contributed by atoms with van der Waals surface area (Å²) in [4.78, 5) is 6.87. The Morgan fingerprint density at radius 3 is 2.50 bits per heavy atom. The molecule has 0 N–H and O–H groups in total. The van der Waals surface area contributed by atoms with Crippen molar-refractivity contribution in [1.29, 1.82) is 0 Å². The fraction of sp³-hybridized carbons (Fsp3) is 0.316. The number of aliphatic imine (C=N–C) groups is 1. The Morgan fingerprint density at radius 1 is 1.12 bits per heavy atom. The highest BCUT2D eigenvalue weighted by Crippen LogP contribution is 2.36. The van der Waals surface area contributed by atoms with Crippen LogP contribution in [0.1, 0.15) is 11.1 Å². The molecule has 0 bridgehead atoms. The number of hydrogen-bond acceptors (Lipinski definition) is 5. The summed E-state index contributed by atoms with van der Waals surface area (Å²) in [5, 5.41) is 1.62. The van der Waals surface area contributed by atoms with Gasteiger partial charge in [-0.05, 0) is 36.8 Å². The Morgan fingerprint density at radius 2 is 1.81 bits per heavy atom. The molecule has 0 aromatic heterocycles. The summed E-state index contributed by atoms with van der Waals surface area (Å²) >= 11 is 7.60. The topological polar surface area (TPSA) is 49.7 Å². The number of thioether (sulfide) groups is 1. The minimum absolute atomic E-state index is 0.101. The first-order valence-corrected chi connectivity index (χ1v) is 11.6. The summed E-state index contributed by atoms with van der Waals surface area (Å²) in [6, 6.07) is 15.7. The van der Waals surface area contributed by atoms with Crippen LogP contribution in [0.2, 0.25) is 5.02 Å². The summed E-state index contributed by atoms with van der Waals surface area (Å²) in [6.45, 7) is 2.04. The summed E-state index contributed by atoms with van der Waals surface area (Å²) < 4.78 is 24.2. The van der Waals surface area contributed by atoms with Gasteiger partial charge in [0.2, 0.25) is 0 Å². The number of halogens is 1. The number of aryl methyl sites for hydroxylation is 1. The lowest BCUT2D eigenvalue weighted by atomic mass is 10.1. The molecule has 0 amide bonds. The lowest BCUT2D eigenvalue weighted by molar-refractivity contribution is 0.601. The maximum atomic E-state index is 12.1. The van der Waals surface area contributed by atoms with Crippen LogP contribution in [0, 0.1) is 6.92 Å². The van der Waals surface area contributed by atoms with Gasteiger partial charge < -0.3 is 4.90 Å². The van der Waals surface area contributed by atoms with Gasteiger partial charge in [0.1, 0.15) is 0 Å². The lowest BCUT2D eigenvalue weighted by Crippen LogP contribution is -2.39. The number of rotatable bonds is 3. The third kappa shape index (κ3) is 3.63.